The summed E-state index contributed by atoms with van der Waals surface area (Å²) in [4.78, 5) is 32.2. The lowest BCUT2D eigenvalue weighted by Gasteiger charge is -2.20. The summed E-state index contributed by atoms with van der Waals surface area (Å²) in [5.74, 6) is 0.893. The summed E-state index contributed by atoms with van der Waals surface area (Å²) in [7, 11) is 3.25. The van der Waals surface area contributed by atoms with Gasteiger partial charge in [-0.1, -0.05) is 22.9 Å². The highest BCUT2D eigenvalue weighted by molar-refractivity contribution is 5.96. The fraction of sp³-hybridized carbons (Fsp3) is 0.474. The second-order valence-electron chi connectivity index (χ2n) is 6.89. The number of nitrogens with one attached hydrogen (secondary N) is 1. The molecule has 1 saturated heterocycles. The minimum atomic E-state index is -0.291. The number of amides is 3. The summed E-state index contributed by atoms with van der Waals surface area (Å²) in [6.45, 7) is 3.14. The van der Waals surface area contributed by atoms with Crippen LogP contribution in [0.1, 0.15) is 23.7 Å². The van der Waals surface area contributed by atoms with Crippen LogP contribution in [0.2, 0.25) is 0 Å². The van der Waals surface area contributed by atoms with Crippen molar-refractivity contribution in [2.75, 3.05) is 32.2 Å². The average molecular weight is 387 g/mol. The number of nitrogens with zero attached hydrogens (tertiary/aromatic N) is 4. The van der Waals surface area contributed by atoms with E-state index in [2.05, 4.69) is 15.5 Å². The Kier molecular flexibility index (Phi) is 6.25. The monoisotopic (exact) mass is 387 g/mol. The van der Waals surface area contributed by atoms with Crippen molar-refractivity contribution in [3.8, 4) is 0 Å². The zero-order valence-corrected chi connectivity index (χ0v) is 16.3. The summed E-state index contributed by atoms with van der Waals surface area (Å²) >= 11 is 0. The van der Waals surface area contributed by atoms with Crippen molar-refractivity contribution in [3.05, 3.63) is 41.5 Å². The zero-order chi connectivity index (χ0) is 20.1. The van der Waals surface area contributed by atoms with Crippen LogP contribution in [0, 0.1) is 6.92 Å². The van der Waals surface area contributed by atoms with E-state index in [1.807, 2.05) is 31.2 Å². The van der Waals surface area contributed by atoms with Gasteiger partial charge >= 0.3 is 6.03 Å². The second kappa shape index (κ2) is 8.83. The second-order valence-corrected chi connectivity index (χ2v) is 6.89. The molecule has 2 aromatic rings. The van der Waals surface area contributed by atoms with Gasteiger partial charge in [0.25, 0.3) is 0 Å². The quantitative estimate of drug-likeness (QED) is 0.773. The maximum absolute atomic E-state index is 12.5. The van der Waals surface area contributed by atoms with Gasteiger partial charge in [0.1, 0.15) is 6.54 Å². The van der Waals surface area contributed by atoms with E-state index in [-0.39, 0.29) is 30.9 Å². The van der Waals surface area contributed by atoms with Crippen molar-refractivity contribution < 1.29 is 18.8 Å². The molecule has 1 aliphatic rings. The average Bonchev–Trinajstić information content (AvgIpc) is 3.26. The minimum Gasteiger partial charge on any atom is -0.384 e. The first-order valence-corrected chi connectivity index (χ1v) is 9.15. The van der Waals surface area contributed by atoms with E-state index in [9.17, 15) is 9.59 Å². The number of urea groups is 1. The van der Waals surface area contributed by atoms with Crippen molar-refractivity contribution in [2.45, 2.75) is 32.4 Å². The molecule has 150 valence electrons. The molecule has 0 saturated carbocycles. The van der Waals surface area contributed by atoms with Crippen molar-refractivity contribution in [1.82, 2.24) is 20.4 Å². The Hall–Kier alpha value is -2.94. The van der Waals surface area contributed by atoms with Crippen LogP contribution in [0.4, 0.5) is 10.5 Å². The normalized spacial score (nSPS) is 16.5. The Morgan fingerprint density at radius 3 is 2.86 bits per heavy atom. The predicted molar refractivity (Wildman–Crippen MR) is 102 cm³/mol. The smallest absolute Gasteiger partial charge is 0.317 e. The maximum atomic E-state index is 12.5. The number of methoxy groups -OCH3 is 1. The molecule has 0 spiro atoms. The number of aryl methyl sites for hydroxylation is 1. The highest BCUT2D eigenvalue weighted by atomic mass is 16.5. The van der Waals surface area contributed by atoms with Crippen LogP contribution >= 0.6 is 0 Å². The molecule has 9 nitrogen and oxygen atoms in total. The third kappa shape index (κ3) is 4.86. The molecule has 1 unspecified atom stereocenters. The lowest BCUT2D eigenvalue weighted by atomic mass is 10.2. The van der Waals surface area contributed by atoms with Gasteiger partial charge in [0.15, 0.2) is 5.82 Å². The van der Waals surface area contributed by atoms with Crippen LogP contribution in [0.5, 0.6) is 0 Å². The minimum absolute atomic E-state index is 0.00325. The first kappa shape index (κ1) is 19.8. The predicted octanol–water partition coefficient (Wildman–Crippen LogP) is 1.51. The molecule has 2 heterocycles. The summed E-state index contributed by atoms with van der Waals surface area (Å²) in [6, 6.07) is 7.23. The van der Waals surface area contributed by atoms with E-state index in [1.54, 1.807) is 19.1 Å². The summed E-state index contributed by atoms with van der Waals surface area (Å²) in [6.07, 6.45) is 0.824. The first-order valence-electron chi connectivity index (χ1n) is 9.15. The Bertz CT molecular complexity index is 820. The molecule has 1 fully saturated rings. The Morgan fingerprint density at radius 2 is 2.14 bits per heavy atom. The molecule has 0 aliphatic carbocycles. The van der Waals surface area contributed by atoms with Crippen LogP contribution in [-0.2, 0) is 22.5 Å². The molecule has 1 atom stereocenters. The number of anilines is 1. The van der Waals surface area contributed by atoms with Crippen molar-refractivity contribution in [2.24, 2.45) is 0 Å². The molecule has 28 heavy (non-hydrogen) atoms. The molecule has 3 rings (SSSR count). The molecule has 1 aromatic heterocycles. The molecule has 1 aromatic carbocycles. The SMILES string of the molecule is COCCc1noc(CN(C)C(=O)NC2CC(=O)N(c3ccc(C)cc3)C2)n1. The van der Waals surface area contributed by atoms with Crippen LogP contribution in [0.15, 0.2) is 28.8 Å². The molecule has 1 N–H and O–H groups in total. The van der Waals surface area contributed by atoms with Gasteiger partial charge in [-0.3, -0.25) is 4.79 Å². The number of carbonyl (C=O) groups excluding carboxylic acids is 2. The third-order valence-electron chi connectivity index (χ3n) is 4.56. The molecule has 0 radical (unpaired) electrons. The van der Waals surface area contributed by atoms with Crippen LogP contribution in [-0.4, -0.2) is 60.3 Å². The Labute approximate surface area is 163 Å². The number of aromatic nitrogens is 2. The van der Waals surface area contributed by atoms with Gasteiger partial charge < -0.3 is 24.4 Å². The number of carbonyl (C=O) groups is 2. The lowest BCUT2D eigenvalue weighted by Crippen LogP contribution is -2.44. The Balaban J connectivity index is 1.52. The van der Waals surface area contributed by atoms with Crippen LogP contribution in [0.25, 0.3) is 0 Å². The van der Waals surface area contributed by atoms with Crippen molar-refractivity contribution in [1.29, 1.82) is 0 Å². The van der Waals surface area contributed by atoms with Gasteiger partial charge in [0, 0.05) is 39.2 Å². The molecule has 1 aliphatic heterocycles. The zero-order valence-electron chi connectivity index (χ0n) is 16.3. The molecule has 0 bridgehead atoms. The summed E-state index contributed by atoms with van der Waals surface area (Å²) in [5.41, 5.74) is 1.98. The van der Waals surface area contributed by atoms with Crippen LogP contribution in [0.3, 0.4) is 0 Å². The van der Waals surface area contributed by atoms with E-state index in [0.29, 0.717) is 31.3 Å². The highest BCUT2D eigenvalue weighted by Crippen LogP contribution is 2.22. The molecular formula is C19H25N5O4. The first-order chi connectivity index (χ1) is 13.5. The van der Waals surface area contributed by atoms with Gasteiger partial charge in [-0.15, -0.1) is 0 Å². The van der Waals surface area contributed by atoms with E-state index in [0.717, 1.165) is 11.3 Å². The molecule has 3 amide bonds. The van der Waals surface area contributed by atoms with Crippen molar-refractivity contribution in [3.63, 3.8) is 0 Å². The number of benzene rings is 1. The molecule has 9 heteroatoms. The van der Waals surface area contributed by atoms with Crippen LogP contribution < -0.4 is 10.2 Å². The Morgan fingerprint density at radius 1 is 1.39 bits per heavy atom. The maximum Gasteiger partial charge on any atom is 0.317 e. The number of hydrogen-bond donors (Lipinski definition) is 1. The molecular weight excluding hydrogens is 362 g/mol. The van der Waals surface area contributed by atoms with Gasteiger partial charge in [0.05, 0.1) is 12.6 Å². The lowest BCUT2D eigenvalue weighted by molar-refractivity contribution is -0.117. The fourth-order valence-electron chi connectivity index (χ4n) is 2.99. The van der Waals surface area contributed by atoms with Gasteiger partial charge in [0.2, 0.25) is 11.8 Å². The number of hydrogen-bond acceptors (Lipinski definition) is 6. The van der Waals surface area contributed by atoms with E-state index >= 15 is 0 Å². The summed E-state index contributed by atoms with van der Waals surface area (Å²) in [5, 5.41) is 6.75. The van der Waals surface area contributed by atoms with E-state index in [1.165, 1.54) is 4.90 Å². The highest BCUT2D eigenvalue weighted by Gasteiger charge is 2.32. The van der Waals surface area contributed by atoms with E-state index < -0.39 is 0 Å². The van der Waals surface area contributed by atoms with Crippen molar-refractivity contribution >= 4 is 17.6 Å². The largest absolute Gasteiger partial charge is 0.384 e. The van der Waals surface area contributed by atoms with Gasteiger partial charge in [-0.05, 0) is 19.1 Å². The number of rotatable bonds is 7. The van der Waals surface area contributed by atoms with Gasteiger partial charge in [-0.2, -0.15) is 4.98 Å². The standard InChI is InChI=1S/C19H25N5O4/c1-13-4-6-15(7-5-13)24-11-14(10-18(24)25)20-19(26)23(2)12-17-21-16(22-28-17)8-9-27-3/h4-7,14H,8-12H2,1-3H3,(H,20,26). The third-order valence-corrected chi connectivity index (χ3v) is 4.56. The van der Waals surface area contributed by atoms with E-state index in [4.69, 9.17) is 9.26 Å². The summed E-state index contributed by atoms with van der Waals surface area (Å²) < 4.78 is 10.1. The fourth-order valence-corrected chi connectivity index (χ4v) is 2.99. The van der Waals surface area contributed by atoms with Gasteiger partial charge in [-0.25, -0.2) is 4.79 Å². The number of ether oxygens (including phenoxy) is 1. The topological polar surface area (TPSA) is 101 Å².